The third-order valence-corrected chi connectivity index (χ3v) is 0.827. The van der Waals surface area contributed by atoms with Gasteiger partial charge in [0, 0.05) is 13.2 Å². The first-order chi connectivity index (χ1) is 3.50. The van der Waals surface area contributed by atoms with Crippen LogP contribution >= 0.6 is 0 Å². The fourth-order valence-corrected chi connectivity index (χ4v) is 0.510. The van der Waals surface area contributed by atoms with Gasteiger partial charge >= 0.3 is 0 Å². The highest BCUT2D eigenvalue weighted by molar-refractivity contribution is 5.10. The molecule has 42 valence electrons. The molecular formula is C5H10O2. The highest BCUT2D eigenvalue weighted by Crippen LogP contribution is 1.98. The molecule has 7 heavy (non-hydrogen) atoms. The molecule has 1 aliphatic rings. The maximum absolute atomic E-state index is 8.00. The zero-order valence-electron chi connectivity index (χ0n) is 4.35. The Bertz CT molecular complexity index is 25.5. The Kier molecular flexibility index (Phi) is 5.33. The summed E-state index contributed by atoms with van der Waals surface area (Å²) in [7, 11) is 0. The van der Waals surface area contributed by atoms with E-state index in [1.54, 1.807) is 0 Å². The molecule has 0 atom stereocenters. The van der Waals surface area contributed by atoms with E-state index in [4.69, 9.17) is 9.53 Å². The van der Waals surface area contributed by atoms with Gasteiger partial charge in [-0.3, -0.25) is 0 Å². The predicted octanol–water partition coefficient (Wildman–Crippen LogP) is 0.612. The lowest BCUT2D eigenvalue weighted by molar-refractivity contribution is -0.0979. The molecule has 1 rings (SSSR count). The lowest BCUT2D eigenvalue weighted by Gasteiger charge is -1.76. The Morgan fingerprint density at radius 2 is 1.57 bits per heavy atom. The van der Waals surface area contributed by atoms with Crippen molar-refractivity contribution in [3.8, 4) is 0 Å². The predicted molar refractivity (Wildman–Crippen MR) is 27.2 cm³/mol. The van der Waals surface area contributed by atoms with Crippen LogP contribution in [0.1, 0.15) is 12.8 Å². The second-order valence-electron chi connectivity index (χ2n) is 1.32. The summed E-state index contributed by atoms with van der Waals surface area (Å²) in [6.45, 7) is 4.00. The Morgan fingerprint density at radius 1 is 1.14 bits per heavy atom. The zero-order valence-corrected chi connectivity index (χ0v) is 4.35. The first-order valence-corrected chi connectivity index (χ1v) is 2.37. The molecule has 0 aromatic rings. The molecule has 0 spiro atoms. The molecule has 0 aliphatic carbocycles. The summed E-state index contributed by atoms with van der Waals surface area (Å²) < 4.78 is 4.94. The van der Waals surface area contributed by atoms with E-state index in [1.165, 1.54) is 12.8 Å². The largest absolute Gasteiger partial charge is 0.381 e. The van der Waals surface area contributed by atoms with Crippen LogP contribution in [-0.2, 0) is 9.53 Å². The van der Waals surface area contributed by atoms with Crippen molar-refractivity contribution in [1.82, 2.24) is 0 Å². The molecule has 2 nitrogen and oxygen atoms in total. The quantitative estimate of drug-likeness (QED) is 0.448. The highest BCUT2D eigenvalue weighted by Gasteiger charge is 1.94. The summed E-state index contributed by atoms with van der Waals surface area (Å²) in [5, 5.41) is 0. The number of hydrogen-bond donors (Lipinski definition) is 0. The molecule has 0 bridgehead atoms. The molecule has 0 radical (unpaired) electrons. The van der Waals surface area contributed by atoms with Crippen LogP contribution in [-0.4, -0.2) is 20.0 Å². The molecule has 0 N–H and O–H groups in total. The third kappa shape index (κ3) is 3.46. The lowest BCUT2D eigenvalue weighted by atomic mass is 10.4. The molecule has 0 saturated carbocycles. The topological polar surface area (TPSA) is 26.3 Å². The molecule has 0 aromatic heterocycles. The van der Waals surface area contributed by atoms with Crippen molar-refractivity contribution in [2.24, 2.45) is 0 Å². The Labute approximate surface area is 43.5 Å². The normalized spacial score (nSPS) is 17.7. The van der Waals surface area contributed by atoms with Gasteiger partial charge in [0.15, 0.2) is 0 Å². The zero-order chi connectivity index (χ0) is 5.54. The van der Waals surface area contributed by atoms with E-state index < -0.39 is 0 Å². The number of hydrogen-bond acceptors (Lipinski definition) is 2. The summed E-state index contributed by atoms with van der Waals surface area (Å²) >= 11 is 0. The summed E-state index contributed by atoms with van der Waals surface area (Å²) in [5.41, 5.74) is 0. The summed E-state index contributed by atoms with van der Waals surface area (Å²) in [5.74, 6) is 0. The molecule has 1 saturated heterocycles. The molecule has 0 aromatic carbocycles. The van der Waals surface area contributed by atoms with Crippen molar-refractivity contribution in [3.05, 3.63) is 0 Å². The van der Waals surface area contributed by atoms with E-state index in [0.717, 1.165) is 13.2 Å². The van der Waals surface area contributed by atoms with Gasteiger partial charge in [0.2, 0.25) is 0 Å². The summed E-state index contributed by atoms with van der Waals surface area (Å²) in [4.78, 5) is 8.00. The smallest absolute Gasteiger partial charge is 0.106 e. The van der Waals surface area contributed by atoms with Gasteiger partial charge in [-0.25, -0.2) is 0 Å². The van der Waals surface area contributed by atoms with Crippen molar-refractivity contribution in [1.29, 1.82) is 0 Å². The number of rotatable bonds is 0. The second-order valence-corrected chi connectivity index (χ2v) is 1.32. The number of ether oxygens (including phenoxy) is 1. The van der Waals surface area contributed by atoms with Gasteiger partial charge in [0.1, 0.15) is 6.79 Å². The van der Waals surface area contributed by atoms with Crippen molar-refractivity contribution in [3.63, 3.8) is 0 Å². The maximum atomic E-state index is 8.00. The molecule has 0 amide bonds. The van der Waals surface area contributed by atoms with Crippen LogP contribution in [0.15, 0.2) is 0 Å². The van der Waals surface area contributed by atoms with Crippen LogP contribution in [0, 0.1) is 0 Å². The minimum absolute atomic E-state index is 1.00. The summed E-state index contributed by atoms with van der Waals surface area (Å²) in [6, 6.07) is 0. The first-order valence-electron chi connectivity index (χ1n) is 2.37. The first kappa shape index (κ1) is 6.63. The van der Waals surface area contributed by atoms with Crippen molar-refractivity contribution in [2.45, 2.75) is 12.8 Å². The minimum atomic E-state index is 1.00. The second kappa shape index (κ2) is 5.63. The van der Waals surface area contributed by atoms with Gasteiger partial charge in [0.25, 0.3) is 0 Å². The minimum Gasteiger partial charge on any atom is -0.381 e. The van der Waals surface area contributed by atoms with Crippen LogP contribution in [0.2, 0.25) is 0 Å². The molecule has 1 heterocycles. The van der Waals surface area contributed by atoms with E-state index in [9.17, 15) is 0 Å². The lowest BCUT2D eigenvalue weighted by Crippen LogP contribution is -1.74. The fourth-order valence-electron chi connectivity index (χ4n) is 0.510. The SMILES string of the molecule is C1CCOC1.C=O. The average molecular weight is 102 g/mol. The van der Waals surface area contributed by atoms with Gasteiger partial charge in [0.05, 0.1) is 0 Å². The van der Waals surface area contributed by atoms with Gasteiger partial charge in [-0.1, -0.05) is 0 Å². The van der Waals surface area contributed by atoms with E-state index in [0.29, 0.717) is 0 Å². The molecule has 0 unspecified atom stereocenters. The monoisotopic (exact) mass is 102 g/mol. The number of carbonyl (C=O) groups is 1. The Balaban J connectivity index is 0.000000162. The van der Waals surface area contributed by atoms with Crippen molar-refractivity contribution >= 4 is 6.79 Å². The maximum Gasteiger partial charge on any atom is 0.106 e. The fraction of sp³-hybridized carbons (Fsp3) is 0.800. The average Bonchev–Trinajstić information content (AvgIpc) is 2.23. The van der Waals surface area contributed by atoms with Crippen LogP contribution in [0.3, 0.4) is 0 Å². The molecule has 1 aliphatic heterocycles. The van der Waals surface area contributed by atoms with E-state index >= 15 is 0 Å². The molecule has 2 heteroatoms. The standard InChI is InChI=1S/C4H8O.CH2O/c1-2-4-5-3-1;1-2/h1-4H2;1H2. The molecular weight excluding hydrogens is 92.1 g/mol. The summed E-state index contributed by atoms with van der Waals surface area (Å²) in [6.07, 6.45) is 2.56. The van der Waals surface area contributed by atoms with Crippen LogP contribution in [0.4, 0.5) is 0 Å². The number of carbonyl (C=O) groups excluding carboxylic acids is 1. The van der Waals surface area contributed by atoms with Gasteiger partial charge in [-0.05, 0) is 12.8 Å². The van der Waals surface area contributed by atoms with E-state index in [1.807, 2.05) is 6.79 Å². The molecule has 1 fully saturated rings. The van der Waals surface area contributed by atoms with Crippen LogP contribution in [0.25, 0.3) is 0 Å². The van der Waals surface area contributed by atoms with Crippen LogP contribution < -0.4 is 0 Å². The van der Waals surface area contributed by atoms with Crippen LogP contribution in [0.5, 0.6) is 0 Å². The van der Waals surface area contributed by atoms with Crippen molar-refractivity contribution < 1.29 is 9.53 Å². The van der Waals surface area contributed by atoms with E-state index in [-0.39, 0.29) is 0 Å². The Hall–Kier alpha value is -0.370. The van der Waals surface area contributed by atoms with Crippen molar-refractivity contribution in [2.75, 3.05) is 13.2 Å². The van der Waals surface area contributed by atoms with Gasteiger partial charge < -0.3 is 9.53 Å². The van der Waals surface area contributed by atoms with E-state index in [2.05, 4.69) is 0 Å². The Morgan fingerprint density at radius 3 is 1.71 bits per heavy atom. The third-order valence-electron chi connectivity index (χ3n) is 0.827. The van der Waals surface area contributed by atoms with Gasteiger partial charge in [-0.2, -0.15) is 0 Å². The van der Waals surface area contributed by atoms with Gasteiger partial charge in [-0.15, -0.1) is 0 Å². The highest BCUT2D eigenvalue weighted by atomic mass is 16.5.